The van der Waals surface area contributed by atoms with E-state index in [1.165, 1.54) is 0 Å². The molecule has 27 heavy (non-hydrogen) atoms. The molecule has 0 aliphatic carbocycles. The lowest BCUT2D eigenvalue weighted by Gasteiger charge is -2.21. The molecule has 1 amide bonds. The van der Waals surface area contributed by atoms with E-state index in [9.17, 15) is 4.79 Å². The van der Waals surface area contributed by atoms with Gasteiger partial charge >= 0.3 is 0 Å². The fraction of sp³-hybridized carbons (Fsp3) is 0.333. The second-order valence-corrected chi connectivity index (χ2v) is 7.70. The summed E-state index contributed by atoms with van der Waals surface area (Å²) in [5, 5.41) is 0.748. The van der Waals surface area contributed by atoms with Gasteiger partial charge in [-0.1, -0.05) is 41.7 Å². The maximum absolute atomic E-state index is 13.0. The van der Waals surface area contributed by atoms with Gasteiger partial charge in [0.25, 0.3) is 0 Å². The van der Waals surface area contributed by atoms with Gasteiger partial charge in [-0.2, -0.15) is 0 Å². The summed E-state index contributed by atoms with van der Waals surface area (Å²) in [6.45, 7) is 1.58. The molecule has 1 heterocycles. The number of rotatable bonds is 8. The van der Waals surface area contributed by atoms with Crippen molar-refractivity contribution in [1.29, 1.82) is 0 Å². The topological polar surface area (TPSA) is 45.7 Å². The maximum atomic E-state index is 13.0. The number of carbonyl (C=O) groups is 1. The van der Waals surface area contributed by atoms with E-state index in [0.717, 1.165) is 39.6 Å². The van der Waals surface area contributed by atoms with Crippen LogP contribution in [0, 0.1) is 0 Å². The fourth-order valence-corrected chi connectivity index (χ4v) is 3.86. The molecule has 0 bridgehead atoms. The van der Waals surface area contributed by atoms with Crippen molar-refractivity contribution < 1.29 is 9.53 Å². The molecule has 3 aromatic rings. The van der Waals surface area contributed by atoms with Gasteiger partial charge in [0.2, 0.25) is 5.91 Å². The zero-order chi connectivity index (χ0) is 19.2. The molecule has 0 unspecified atom stereocenters. The number of aromatic nitrogens is 1. The van der Waals surface area contributed by atoms with Crippen LogP contribution in [0.5, 0.6) is 5.75 Å². The Morgan fingerprint density at radius 2 is 1.89 bits per heavy atom. The fourth-order valence-electron chi connectivity index (χ4n) is 2.88. The quantitative estimate of drug-likeness (QED) is 0.593. The van der Waals surface area contributed by atoms with E-state index < -0.39 is 0 Å². The largest absolute Gasteiger partial charge is 0.497 e. The molecule has 142 valence electrons. The molecule has 0 N–H and O–H groups in total. The number of fused-ring (bicyclic) bond motifs is 1. The highest BCUT2D eigenvalue weighted by molar-refractivity contribution is 7.22. The molecule has 0 radical (unpaired) electrons. The van der Waals surface area contributed by atoms with Crippen molar-refractivity contribution in [1.82, 2.24) is 9.88 Å². The Bertz CT molecular complexity index is 893. The Morgan fingerprint density at radius 1 is 1.11 bits per heavy atom. The number of amides is 1. The number of carbonyl (C=O) groups excluding carboxylic acids is 1. The van der Waals surface area contributed by atoms with Crippen LogP contribution in [0.2, 0.25) is 0 Å². The van der Waals surface area contributed by atoms with Crippen molar-refractivity contribution in [2.45, 2.75) is 12.8 Å². The van der Waals surface area contributed by atoms with Crippen LogP contribution in [0.4, 0.5) is 5.13 Å². The van der Waals surface area contributed by atoms with Gasteiger partial charge in [-0.25, -0.2) is 4.98 Å². The van der Waals surface area contributed by atoms with E-state index in [2.05, 4.69) is 4.90 Å². The molecule has 2 aromatic carbocycles. The SMILES string of the molecule is COc1ccc2sc(N(CCCN(C)C)C(=O)Cc3ccccc3)nc2c1. The molecule has 0 spiro atoms. The highest BCUT2D eigenvalue weighted by Crippen LogP contribution is 2.31. The second-order valence-electron chi connectivity index (χ2n) is 6.69. The lowest BCUT2D eigenvalue weighted by Crippen LogP contribution is -2.34. The number of hydrogen-bond donors (Lipinski definition) is 0. The van der Waals surface area contributed by atoms with Crippen LogP contribution in [0.25, 0.3) is 10.2 Å². The number of benzene rings is 2. The highest BCUT2D eigenvalue weighted by atomic mass is 32.1. The normalized spacial score (nSPS) is 11.1. The number of methoxy groups -OCH3 is 1. The average Bonchev–Trinajstić information content (AvgIpc) is 3.08. The zero-order valence-electron chi connectivity index (χ0n) is 16.0. The molecule has 0 aliphatic rings. The standard InChI is InChI=1S/C21H25N3O2S/c1-23(2)12-7-13-24(20(25)14-16-8-5-4-6-9-16)21-22-18-15-17(26-3)10-11-19(18)27-21/h4-6,8-11,15H,7,12-14H2,1-3H3. The lowest BCUT2D eigenvalue weighted by molar-refractivity contribution is -0.118. The second kappa shape index (κ2) is 8.97. The van der Waals surface area contributed by atoms with E-state index in [0.29, 0.717) is 13.0 Å². The van der Waals surface area contributed by atoms with Crippen LogP contribution in [0.3, 0.4) is 0 Å². The summed E-state index contributed by atoms with van der Waals surface area (Å²) >= 11 is 1.55. The van der Waals surface area contributed by atoms with Crippen molar-refractivity contribution in [3.8, 4) is 5.75 Å². The third-order valence-electron chi connectivity index (χ3n) is 4.30. The molecule has 0 atom stereocenters. The van der Waals surface area contributed by atoms with Gasteiger partial charge < -0.3 is 9.64 Å². The van der Waals surface area contributed by atoms with Gasteiger partial charge in [0.1, 0.15) is 5.75 Å². The molecule has 5 nitrogen and oxygen atoms in total. The molecule has 6 heteroatoms. The van der Waals surface area contributed by atoms with Gasteiger partial charge in [-0.15, -0.1) is 0 Å². The minimum atomic E-state index is 0.0750. The summed E-state index contributed by atoms with van der Waals surface area (Å²) in [4.78, 5) is 21.7. The summed E-state index contributed by atoms with van der Waals surface area (Å²) < 4.78 is 6.34. The Morgan fingerprint density at radius 3 is 2.59 bits per heavy atom. The van der Waals surface area contributed by atoms with Crippen molar-refractivity contribution in [3.05, 3.63) is 54.1 Å². The molecular weight excluding hydrogens is 358 g/mol. The van der Waals surface area contributed by atoms with E-state index in [-0.39, 0.29) is 5.91 Å². The maximum Gasteiger partial charge on any atom is 0.233 e. The first-order chi connectivity index (χ1) is 13.1. The molecule has 0 aliphatic heterocycles. The number of hydrogen-bond acceptors (Lipinski definition) is 5. The number of ether oxygens (including phenoxy) is 1. The smallest absolute Gasteiger partial charge is 0.233 e. The third kappa shape index (κ3) is 5.05. The van der Waals surface area contributed by atoms with E-state index in [4.69, 9.17) is 9.72 Å². The summed E-state index contributed by atoms with van der Waals surface area (Å²) in [5.74, 6) is 0.847. The Balaban J connectivity index is 1.85. The lowest BCUT2D eigenvalue weighted by atomic mass is 10.1. The average molecular weight is 384 g/mol. The first kappa shape index (κ1) is 19.3. The van der Waals surface area contributed by atoms with Crippen LogP contribution in [0.15, 0.2) is 48.5 Å². The number of nitrogens with zero attached hydrogens (tertiary/aromatic N) is 3. The molecule has 3 rings (SSSR count). The number of thiazole rings is 1. The van der Waals surface area contributed by atoms with E-state index in [1.807, 2.05) is 67.5 Å². The van der Waals surface area contributed by atoms with Crippen molar-refractivity contribution in [2.75, 3.05) is 39.2 Å². The third-order valence-corrected chi connectivity index (χ3v) is 5.36. The summed E-state index contributed by atoms with van der Waals surface area (Å²) in [5.41, 5.74) is 1.88. The van der Waals surface area contributed by atoms with Crippen molar-refractivity contribution >= 4 is 32.6 Å². The Labute approximate surface area is 164 Å². The molecule has 0 saturated carbocycles. The van der Waals surface area contributed by atoms with Crippen LogP contribution < -0.4 is 9.64 Å². The van der Waals surface area contributed by atoms with Gasteiger partial charge in [0.15, 0.2) is 5.13 Å². The minimum absolute atomic E-state index is 0.0750. The molecule has 1 aromatic heterocycles. The minimum Gasteiger partial charge on any atom is -0.497 e. The van der Waals surface area contributed by atoms with Gasteiger partial charge in [-0.3, -0.25) is 9.69 Å². The van der Waals surface area contributed by atoms with Crippen LogP contribution >= 0.6 is 11.3 Å². The van der Waals surface area contributed by atoms with Crippen LogP contribution in [-0.2, 0) is 11.2 Å². The van der Waals surface area contributed by atoms with E-state index >= 15 is 0 Å². The highest BCUT2D eigenvalue weighted by Gasteiger charge is 2.20. The Kier molecular flexibility index (Phi) is 6.42. The monoisotopic (exact) mass is 383 g/mol. The van der Waals surface area contributed by atoms with Crippen LogP contribution in [0.1, 0.15) is 12.0 Å². The van der Waals surface area contributed by atoms with Gasteiger partial charge in [-0.05, 0) is 44.8 Å². The van der Waals surface area contributed by atoms with Crippen molar-refractivity contribution in [3.63, 3.8) is 0 Å². The van der Waals surface area contributed by atoms with Gasteiger partial charge in [0, 0.05) is 12.6 Å². The predicted molar refractivity (Wildman–Crippen MR) is 112 cm³/mol. The predicted octanol–water partition coefficient (Wildman–Crippen LogP) is 3.83. The molecular formula is C21H25N3O2S. The molecule has 0 fully saturated rings. The number of anilines is 1. The Hall–Kier alpha value is -2.44. The van der Waals surface area contributed by atoms with Crippen LogP contribution in [-0.4, -0.2) is 50.1 Å². The zero-order valence-corrected chi connectivity index (χ0v) is 16.8. The summed E-state index contributed by atoms with van der Waals surface area (Å²) in [6.07, 6.45) is 1.27. The van der Waals surface area contributed by atoms with Gasteiger partial charge in [0.05, 0.1) is 23.7 Å². The summed E-state index contributed by atoms with van der Waals surface area (Å²) in [7, 11) is 5.73. The first-order valence-corrected chi connectivity index (χ1v) is 9.82. The van der Waals surface area contributed by atoms with Crippen molar-refractivity contribution in [2.24, 2.45) is 0 Å². The van der Waals surface area contributed by atoms with E-state index in [1.54, 1.807) is 18.4 Å². The first-order valence-electron chi connectivity index (χ1n) is 9.00. The summed E-state index contributed by atoms with van der Waals surface area (Å²) in [6, 6.07) is 15.7. The molecule has 0 saturated heterocycles.